The Hall–Kier alpha value is -1.68. The SMILES string of the molecule is Cn1c(-c2ccccc2F)nc2ccc(Br)cc21. The van der Waals surface area contributed by atoms with Crippen LogP contribution in [0.2, 0.25) is 0 Å². The summed E-state index contributed by atoms with van der Waals surface area (Å²) in [7, 11) is 1.89. The van der Waals surface area contributed by atoms with E-state index >= 15 is 0 Å². The predicted molar refractivity (Wildman–Crippen MR) is 73.8 cm³/mol. The van der Waals surface area contributed by atoms with E-state index in [4.69, 9.17) is 0 Å². The number of nitrogens with zero attached hydrogens (tertiary/aromatic N) is 2. The maximum Gasteiger partial charge on any atom is 0.143 e. The van der Waals surface area contributed by atoms with E-state index in [1.165, 1.54) is 6.07 Å². The summed E-state index contributed by atoms with van der Waals surface area (Å²) >= 11 is 3.43. The lowest BCUT2D eigenvalue weighted by molar-refractivity contribution is 0.629. The van der Waals surface area contributed by atoms with Gasteiger partial charge in [0.15, 0.2) is 0 Å². The Morgan fingerprint density at radius 1 is 1.17 bits per heavy atom. The average Bonchev–Trinajstić information content (AvgIpc) is 2.68. The normalized spacial score (nSPS) is 11.1. The van der Waals surface area contributed by atoms with Crippen LogP contribution in [-0.4, -0.2) is 9.55 Å². The largest absolute Gasteiger partial charge is 0.327 e. The van der Waals surface area contributed by atoms with Crippen molar-refractivity contribution in [1.82, 2.24) is 9.55 Å². The third kappa shape index (κ3) is 1.73. The van der Waals surface area contributed by atoms with Crippen LogP contribution in [0.1, 0.15) is 0 Å². The standard InChI is InChI=1S/C14H10BrFN2/c1-18-13-8-9(15)6-7-12(13)17-14(18)10-4-2-3-5-11(10)16/h2-8H,1H3. The fourth-order valence-corrected chi connectivity index (χ4v) is 2.40. The Morgan fingerprint density at radius 2 is 1.94 bits per heavy atom. The van der Waals surface area contributed by atoms with Crippen LogP contribution in [0.5, 0.6) is 0 Å². The Morgan fingerprint density at radius 3 is 2.72 bits per heavy atom. The summed E-state index contributed by atoms with van der Waals surface area (Å²) in [5.74, 6) is 0.385. The van der Waals surface area contributed by atoms with E-state index in [-0.39, 0.29) is 5.82 Å². The second-order valence-corrected chi connectivity index (χ2v) is 5.02. The Labute approximate surface area is 112 Å². The van der Waals surface area contributed by atoms with Crippen LogP contribution in [0.15, 0.2) is 46.9 Å². The minimum absolute atomic E-state index is 0.255. The van der Waals surface area contributed by atoms with E-state index in [9.17, 15) is 4.39 Å². The Bertz CT molecular complexity index is 734. The van der Waals surface area contributed by atoms with E-state index in [2.05, 4.69) is 20.9 Å². The predicted octanol–water partition coefficient (Wildman–Crippen LogP) is 4.14. The number of benzene rings is 2. The van der Waals surface area contributed by atoms with Gasteiger partial charge in [0, 0.05) is 11.5 Å². The van der Waals surface area contributed by atoms with Crippen molar-refractivity contribution >= 4 is 27.0 Å². The van der Waals surface area contributed by atoms with Gasteiger partial charge in [-0.2, -0.15) is 0 Å². The highest BCUT2D eigenvalue weighted by Crippen LogP contribution is 2.27. The summed E-state index contributed by atoms with van der Waals surface area (Å²) in [5, 5.41) is 0. The van der Waals surface area contributed by atoms with Gasteiger partial charge in [-0.15, -0.1) is 0 Å². The average molecular weight is 305 g/mol. The quantitative estimate of drug-likeness (QED) is 0.660. The first-order valence-corrected chi connectivity index (χ1v) is 6.33. The minimum atomic E-state index is -0.255. The lowest BCUT2D eigenvalue weighted by Crippen LogP contribution is -1.94. The molecule has 0 spiro atoms. The van der Waals surface area contributed by atoms with E-state index in [0.29, 0.717) is 11.4 Å². The summed E-state index contributed by atoms with van der Waals surface area (Å²) in [5.41, 5.74) is 2.36. The van der Waals surface area contributed by atoms with Crippen LogP contribution in [0.4, 0.5) is 4.39 Å². The van der Waals surface area contributed by atoms with Crippen LogP contribution in [0.3, 0.4) is 0 Å². The molecular formula is C14H10BrFN2. The summed E-state index contributed by atoms with van der Waals surface area (Å²) < 4.78 is 16.7. The zero-order valence-corrected chi connectivity index (χ0v) is 11.3. The van der Waals surface area contributed by atoms with Gasteiger partial charge in [-0.25, -0.2) is 9.37 Å². The van der Waals surface area contributed by atoms with E-state index < -0.39 is 0 Å². The number of aromatic nitrogens is 2. The molecule has 1 heterocycles. The van der Waals surface area contributed by atoms with Crippen LogP contribution in [0, 0.1) is 5.82 Å². The second-order valence-electron chi connectivity index (χ2n) is 4.11. The molecular weight excluding hydrogens is 295 g/mol. The molecule has 0 atom stereocenters. The van der Waals surface area contributed by atoms with Gasteiger partial charge in [0.1, 0.15) is 11.6 Å². The summed E-state index contributed by atoms with van der Waals surface area (Å²) in [4.78, 5) is 4.49. The molecule has 0 aliphatic carbocycles. The maximum absolute atomic E-state index is 13.8. The zero-order valence-electron chi connectivity index (χ0n) is 9.69. The molecule has 0 unspecified atom stereocenters. The number of halogens is 2. The van der Waals surface area contributed by atoms with Crippen LogP contribution < -0.4 is 0 Å². The van der Waals surface area contributed by atoms with Crippen LogP contribution in [0.25, 0.3) is 22.4 Å². The Kier molecular flexibility index (Phi) is 2.67. The number of hydrogen-bond acceptors (Lipinski definition) is 1. The molecule has 1 aromatic heterocycles. The molecule has 0 saturated heterocycles. The maximum atomic E-state index is 13.8. The smallest absolute Gasteiger partial charge is 0.143 e. The molecule has 18 heavy (non-hydrogen) atoms. The topological polar surface area (TPSA) is 17.8 Å². The first kappa shape index (κ1) is 11.4. The van der Waals surface area contributed by atoms with Gasteiger partial charge in [0.2, 0.25) is 0 Å². The van der Waals surface area contributed by atoms with Crippen molar-refractivity contribution in [2.45, 2.75) is 0 Å². The molecule has 90 valence electrons. The minimum Gasteiger partial charge on any atom is -0.327 e. The highest BCUT2D eigenvalue weighted by Gasteiger charge is 2.12. The highest BCUT2D eigenvalue weighted by atomic mass is 79.9. The molecule has 0 N–H and O–H groups in total. The summed E-state index contributed by atoms with van der Waals surface area (Å²) in [6.45, 7) is 0. The first-order chi connectivity index (χ1) is 8.66. The van der Waals surface area contributed by atoms with Crippen molar-refractivity contribution in [3.63, 3.8) is 0 Å². The fraction of sp³-hybridized carbons (Fsp3) is 0.0714. The van der Waals surface area contributed by atoms with Crippen molar-refractivity contribution in [2.75, 3.05) is 0 Å². The highest BCUT2D eigenvalue weighted by molar-refractivity contribution is 9.10. The number of rotatable bonds is 1. The van der Waals surface area contributed by atoms with Crippen molar-refractivity contribution in [3.8, 4) is 11.4 Å². The molecule has 3 aromatic rings. The monoisotopic (exact) mass is 304 g/mol. The van der Waals surface area contributed by atoms with E-state index in [1.807, 2.05) is 35.9 Å². The van der Waals surface area contributed by atoms with E-state index in [0.717, 1.165) is 15.5 Å². The molecule has 2 nitrogen and oxygen atoms in total. The lowest BCUT2D eigenvalue weighted by atomic mass is 10.2. The van der Waals surface area contributed by atoms with Crippen molar-refractivity contribution in [2.24, 2.45) is 7.05 Å². The third-order valence-electron chi connectivity index (χ3n) is 2.96. The van der Waals surface area contributed by atoms with Crippen molar-refractivity contribution < 1.29 is 4.39 Å². The number of imidazole rings is 1. The summed E-state index contributed by atoms with van der Waals surface area (Å²) in [6.07, 6.45) is 0. The molecule has 4 heteroatoms. The molecule has 2 aromatic carbocycles. The number of aryl methyl sites for hydroxylation is 1. The number of fused-ring (bicyclic) bond motifs is 1. The molecule has 0 aliphatic heterocycles. The van der Waals surface area contributed by atoms with Gasteiger partial charge in [0.25, 0.3) is 0 Å². The Balaban J connectivity index is 2.31. The van der Waals surface area contributed by atoms with E-state index in [1.54, 1.807) is 12.1 Å². The van der Waals surface area contributed by atoms with Gasteiger partial charge in [-0.1, -0.05) is 28.1 Å². The fourth-order valence-electron chi connectivity index (χ4n) is 2.05. The molecule has 3 rings (SSSR count). The third-order valence-corrected chi connectivity index (χ3v) is 3.45. The van der Waals surface area contributed by atoms with Crippen LogP contribution >= 0.6 is 15.9 Å². The molecule has 0 amide bonds. The summed E-state index contributed by atoms with van der Waals surface area (Å²) in [6, 6.07) is 12.5. The molecule has 0 saturated carbocycles. The molecule has 0 aliphatic rings. The second kappa shape index (κ2) is 4.21. The van der Waals surface area contributed by atoms with Gasteiger partial charge in [-0.3, -0.25) is 0 Å². The van der Waals surface area contributed by atoms with Crippen molar-refractivity contribution in [3.05, 3.63) is 52.8 Å². The van der Waals surface area contributed by atoms with Crippen molar-refractivity contribution in [1.29, 1.82) is 0 Å². The van der Waals surface area contributed by atoms with Crippen LogP contribution in [-0.2, 0) is 7.05 Å². The molecule has 0 bridgehead atoms. The molecule has 0 fully saturated rings. The lowest BCUT2D eigenvalue weighted by Gasteiger charge is -2.03. The number of hydrogen-bond donors (Lipinski definition) is 0. The zero-order chi connectivity index (χ0) is 12.7. The van der Waals surface area contributed by atoms with Gasteiger partial charge in [-0.05, 0) is 30.3 Å². The van der Waals surface area contributed by atoms with Gasteiger partial charge in [0.05, 0.1) is 16.6 Å². The van der Waals surface area contributed by atoms with Gasteiger partial charge < -0.3 is 4.57 Å². The van der Waals surface area contributed by atoms with Gasteiger partial charge >= 0.3 is 0 Å². The molecule has 0 radical (unpaired) electrons. The first-order valence-electron chi connectivity index (χ1n) is 5.53.